The van der Waals surface area contributed by atoms with Gasteiger partial charge in [0.05, 0.1) is 0 Å². The van der Waals surface area contributed by atoms with Crippen molar-refractivity contribution < 1.29 is 4.79 Å². The van der Waals surface area contributed by atoms with Crippen LogP contribution < -0.4 is 5.73 Å². The third kappa shape index (κ3) is 3.72. The maximum absolute atomic E-state index is 11.4. The Bertz CT molecular complexity index is 487. The van der Waals surface area contributed by atoms with Gasteiger partial charge in [0, 0.05) is 5.56 Å². The van der Waals surface area contributed by atoms with E-state index in [1.807, 2.05) is 26.0 Å². The van der Waals surface area contributed by atoms with E-state index in [1.165, 1.54) is 44.1 Å². The maximum atomic E-state index is 11.4. The monoisotopic (exact) mass is 271 g/mol. The van der Waals surface area contributed by atoms with E-state index in [2.05, 4.69) is 12.2 Å². The largest absolute Gasteiger partial charge is 0.366 e. The summed E-state index contributed by atoms with van der Waals surface area (Å²) in [4.78, 5) is 11.4. The fourth-order valence-electron chi connectivity index (χ4n) is 3.30. The lowest BCUT2D eigenvalue weighted by molar-refractivity contribution is 0.0999. The van der Waals surface area contributed by atoms with Gasteiger partial charge in [0.25, 0.3) is 0 Å². The van der Waals surface area contributed by atoms with Crippen LogP contribution in [0.2, 0.25) is 0 Å². The van der Waals surface area contributed by atoms with Gasteiger partial charge < -0.3 is 5.73 Å². The van der Waals surface area contributed by atoms with E-state index < -0.39 is 0 Å². The molecule has 0 heterocycles. The number of rotatable bonds is 4. The quantitative estimate of drug-likeness (QED) is 0.867. The van der Waals surface area contributed by atoms with Crippen LogP contribution in [-0.2, 0) is 0 Å². The van der Waals surface area contributed by atoms with Crippen LogP contribution in [0.5, 0.6) is 0 Å². The average molecular weight is 271 g/mol. The first-order chi connectivity index (χ1) is 9.58. The minimum absolute atomic E-state index is 0.335. The normalized spacial score (nSPS) is 16.7. The topological polar surface area (TPSA) is 43.1 Å². The van der Waals surface area contributed by atoms with Gasteiger partial charge in [-0.25, -0.2) is 0 Å². The lowest BCUT2D eigenvalue weighted by Gasteiger charge is -2.19. The maximum Gasteiger partial charge on any atom is 0.249 e. The first-order valence-corrected chi connectivity index (χ1v) is 7.65. The molecule has 2 N–H and O–H groups in total. The Morgan fingerprint density at radius 3 is 2.35 bits per heavy atom. The van der Waals surface area contributed by atoms with Crippen LogP contribution in [0.1, 0.15) is 65.6 Å². The summed E-state index contributed by atoms with van der Waals surface area (Å²) in [7, 11) is 0. The summed E-state index contributed by atoms with van der Waals surface area (Å²) < 4.78 is 0. The molecule has 1 aliphatic carbocycles. The fourth-order valence-corrected chi connectivity index (χ4v) is 3.30. The van der Waals surface area contributed by atoms with Crippen LogP contribution in [0.25, 0.3) is 6.08 Å². The van der Waals surface area contributed by atoms with E-state index in [1.54, 1.807) is 0 Å². The van der Waals surface area contributed by atoms with Gasteiger partial charge in [-0.05, 0) is 42.9 Å². The molecule has 2 heteroatoms. The Kier molecular flexibility index (Phi) is 4.99. The molecule has 2 rings (SSSR count). The Balaban J connectivity index is 2.04. The number of benzene rings is 1. The summed E-state index contributed by atoms with van der Waals surface area (Å²) in [5.74, 6) is 0.532. The van der Waals surface area contributed by atoms with Crippen molar-refractivity contribution in [2.45, 2.75) is 52.4 Å². The lowest BCUT2D eigenvalue weighted by Crippen LogP contribution is -2.14. The molecule has 2 nitrogen and oxygen atoms in total. The molecule has 108 valence electrons. The van der Waals surface area contributed by atoms with Gasteiger partial charge in [-0.1, -0.05) is 56.4 Å². The van der Waals surface area contributed by atoms with Gasteiger partial charge in [-0.15, -0.1) is 0 Å². The number of carbonyl (C=O) groups is 1. The molecule has 1 aromatic carbocycles. The second-order valence-corrected chi connectivity index (χ2v) is 6.04. The van der Waals surface area contributed by atoms with Crippen LogP contribution in [-0.4, -0.2) is 5.91 Å². The highest BCUT2D eigenvalue weighted by molar-refractivity contribution is 5.96. The van der Waals surface area contributed by atoms with Crippen molar-refractivity contribution in [3.05, 3.63) is 40.5 Å². The smallest absolute Gasteiger partial charge is 0.249 e. The number of hydrogen-bond donors (Lipinski definition) is 1. The third-order valence-electron chi connectivity index (χ3n) is 4.31. The summed E-state index contributed by atoms with van der Waals surface area (Å²) in [5.41, 5.74) is 9.17. The van der Waals surface area contributed by atoms with E-state index in [4.69, 9.17) is 5.73 Å². The molecular formula is C18H25NO. The number of amides is 1. The van der Waals surface area contributed by atoms with Gasteiger partial charge in [0.15, 0.2) is 0 Å². The molecule has 1 aromatic rings. The summed E-state index contributed by atoms with van der Waals surface area (Å²) in [6, 6.07) is 4.09. The zero-order chi connectivity index (χ0) is 14.5. The van der Waals surface area contributed by atoms with Gasteiger partial charge >= 0.3 is 0 Å². The molecule has 0 aromatic heterocycles. The van der Waals surface area contributed by atoms with Gasteiger partial charge in [-0.3, -0.25) is 4.79 Å². The molecule has 0 saturated heterocycles. The molecule has 1 fully saturated rings. The second kappa shape index (κ2) is 6.74. The van der Waals surface area contributed by atoms with E-state index in [0.717, 1.165) is 17.0 Å². The van der Waals surface area contributed by atoms with E-state index >= 15 is 0 Å². The number of carbonyl (C=O) groups excluding carboxylic acids is 1. The summed E-state index contributed by atoms with van der Waals surface area (Å²) in [6.45, 7) is 3.90. The number of nitrogens with two attached hydrogens (primary N) is 1. The molecule has 1 aliphatic rings. The number of primary amides is 1. The number of aryl methyl sites for hydroxylation is 2. The van der Waals surface area contributed by atoms with E-state index in [9.17, 15) is 4.79 Å². The minimum Gasteiger partial charge on any atom is -0.366 e. The van der Waals surface area contributed by atoms with Gasteiger partial charge in [0.1, 0.15) is 0 Å². The molecule has 20 heavy (non-hydrogen) atoms. The predicted molar refractivity (Wildman–Crippen MR) is 84.7 cm³/mol. The van der Waals surface area contributed by atoms with Crippen molar-refractivity contribution in [2.75, 3.05) is 0 Å². The number of allylic oxidation sites excluding steroid dienone is 1. The molecule has 0 aliphatic heterocycles. The SMILES string of the molecule is Cc1cc(/C=C/CC2CCCCC2)cc(C)c1C(N)=O. The zero-order valence-electron chi connectivity index (χ0n) is 12.6. The van der Waals surface area contributed by atoms with Crippen molar-refractivity contribution in [1.82, 2.24) is 0 Å². The second-order valence-electron chi connectivity index (χ2n) is 6.04. The Labute approximate surface area is 122 Å². The molecular weight excluding hydrogens is 246 g/mol. The first kappa shape index (κ1) is 14.8. The molecule has 1 amide bonds. The van der Waals surface area contributed by atoms with Gasteiger partial charge in [-0.2, -0.15) is 0 Å². The third-order valence-corrected chi connectivity index (χ3v) is 4.31. The van der Waals surface area contributed by atoms with Crippen LogP contribution in [0.4, 0.5) is 0 Å². The van der Waals surface area contributed by atoms with Crippen LogP contribution in [0.15, 0.2) is 18.2 Å². The predicted octanol–water partition coefficient (Wildman–Crippen LogP) is 4.39. The molecule has 0 unspecified atom stereocenters. The van der Waals surface area contributed by atoms with Crippen molar-refractivity contribution in [3.63, 3.8) is 0 Å². The molecule has 1 saturated carbocycles. The highest BCUT2D eigenvalue weighted by atomic mass is 16.1. The van der Waals surface area contributed by atoms with Crippen LogP contribution in [0.3, 0.4) is 0 Å². The molecule has 0 atom stereocenters. The van der Waals surface area contributed by atoms with E-state index in [-0.39, 0.29) is 5.91 Å². The van der Waals surface area contributed by atoms with Crippen LogP contribution >= 0.6 is 0 Å². The summed E-state index contributed by atoms with van der Waals surface area (Å²) >= 11 is 0. The molecule has 0 spiro atoms. The van der Waals surface area contributed by atoms with Crippen molar-refractivity contribution in [2.24, 2.45) is 11.7 Å². The zero-order valence-corrected chi connectivity index (χ0v) is 12.6. The Hall–Kier alpha value is -1.57. The summed E-state index contributed by atoms with van der Waals surface area (Å²) in [5, 5.41) is 0. The summed E-state index contributed by atoms with van der Waals surface area (Å²) in [6.07, 6.45) is 12.6. The average Bonchev–Trinajstić information content (AvgIpc) is 2.38. The number of hydrogen-bond acceptors (Lipinski definition) is 1. The highest BCUT2D eigenvalue weighted by Crippen LogP contribution is 2.27. The fraction of sp³-hybridized carbons (Fsp3) is 0.500. The van der Waals surface area contributed by atoms with Gasteiger partial charge in [0.2, 0.25) is 5.91 Å². The standard InChI is InChI=1S/C18H25NO/c1-13-11-16(12-14(2)17(13)18(19)20)10-6-9-15-7-4-3-5-8-15/h6,10-12,15H,3-5,7-9H2,1-2H3,(H2,19,20)/b10-6+. The van der Waals surface area contributed by atoms with Crippen molar-refractivity contribution in [3.8, 4) is 0 Å². The Morgan fingerprint density at radius 1 is 1.20 bits per heavy atom. The van der Waals surface area contributed by atoms with Crippen molar-refractivity contribution in [1.29, 1.82) is 0 Å². The van der Waals surface area contributed by atoms with Crippen molar-refractivity contribution >= 4 is 12.0 Å². The van der Waals surface area contributed by atoms with E-state index in [0.29, 0.717) is 5.56 Å². The molecule has 0 radical (unpaired) electrons. The minimum atomic E-state index is -0.335. The van der Waals surface area contributed by atoms with Crippen LogP contribution in [0, 0.1) is 19.8 Å². The highest BCUT2D eigenvalue weighted by Gasteiger charge is 2.12. The lowest BCUT2D eigenvalue weighted by atomic mass is 9.87. The first-order valence-electron chi connectivity index (χ1n) is 7.65. The molecule has 0 bridgehead atoms. The Morgan fingerprint density at radius 2 is 1.80 bits per heavy atom.